The van der Waals surface area contributed by atoms with Gasteiger partial charge >= 0.3 is 0 Å². The van der Waals surface area contributed by atoms with E-state index < -0.39 is 6.04 Å². The zero-order valence-corrected chi connectivity index (χ0v) is 13.6. The molecule has 0 saturated carbocycles. The molecule has 0 bridgehead atoms. The minimum atomic E-state index is -0.528. The van der Waals surface area contributed by atoms with Crippen molar-refractivity contribution in [1.29, 1.82) is 5.26 Å². The van der Waals surface area contributed by atoms with Gasteiger partial charge in [-0.15, -0.1) is 0 Å². The van der Waals surface area contributed by atoms with E-state index in [1.807, 2.05) is 54.6 Å². The molecule has 0 spiro atoms. The fourth-order valence-electron chi connectivity index (χ4n) is 3.57. The Morgan fingerprint density at radius 3 is 2.46 bits per heavy atom. The number of nitriles is 1. The van der Waals surface area contributed by atoms with Crippen LogP contribution in [-0.2, 0) is 4.79 Å². The summed E-state index contributed by atoms with van der Waals surface area (Å²) < 4.78 is 0. The number of nitrogens with zero attached hydrogens (tertiary/aromatic N) is 2. The Bertz CT molecular complexity index is 767. The van der Waals surface area contributed by atoms with Gasteiger partial charge < -0.3 is 10.0 Å². The van der Waals surface area contributed by atoms with Crippen LogP contribution in [-0.4, -0.2) is 34.6 Å². The molecule has 0 radical (unpaired) electrons. The molecular formula is C20H20N2O2. The Balaban J connectivity index is 2.03. The summed E-state index contributed by atoms with van der Waals surface area (Å²) in [7, 11) is 0. The van der Waals surface area contributed by atoms with Crippen molar-refractivity contribution in [3.8, 4) is 17.2 Å². The summed E-state index contributed by atoms with van der Waals surface area (Å²) in [6.45, 7) is 1.63. The second kappa shape index (κ2) is 6.86. The van der Waals surface area contributed by atoms with Gasteiger partial charge in [0.15, 0.2) is 0 Å². The number of hydrogen-bond acceptors (Lipinski definition) is 3. The lowest BCUT2D eigenvalue weighted by Gasteiger charge is -2.52. The van der Waals surface area contributed by atoms with Crippen LogP contribution in [0.15, 0.2) is 54.6 Å². The van der Waals surface area contributed by atoms with Crippen LogP contribution in [0, 0.1) is 11.3 Å². The van der Waals surface area contributed by atoms with Gasteiger partial charge in [0.2, 0.25) is 5.91 Å². The number of likely N-dealkylation sites (tertiary alicyclic amines) is 1. The van der Waals surface area contributed by atoms with Crippen LogP contribution in [0.3, 0.4) is 0 Å². The lowest BCUT2D eigenvalue weighted by Crippen LogP contribution is -2.65. The first kappa shape index (κ1) is 16.2. The van der Waals surface area contributed by atoms with Gasteiger partial charge in [0.1, 0.15) is 6.04 Å². The number of carbonyl (C=O) groups excluding carboxylic acids is 1. The normalized spacial score (nSPS) is 22.5. The third kappa shape index (κ3) is 2.57. The fraction of sp³-hybridized carbons (Fsp3) is 0.300. The van der Waals surface area contributed by atoms with E-state index in [2.05, 4.69) is 6.07 Å². The van der Waals surface area contributed by atoms with Gasteiger partial charge in [0, 0.05) is 12.3 Å². The maximum atomic E-state index is 12.1. The van der Waals surface area contributed by atoms with E-state index in [4.69, 9.17) is 0 Å². The van der Waals surface area contributed by atoms with Crippen molar-refractivity contribution in [1.82, 2.24) is 4.90 Å². The van der Waals surface area contributed by atoms with Crippen LogP contribution in [0.2, 0.25) is 0 Å². The summed E-state index contributed by atoms with van der Waals surface area (Å²) in [6.07, 6.45) is 0.335. The zero-order chi connectivity index (χ0) is 17.1. The largest absolute Gasteiger partial charge is 0.394 e. The molecule has 1 aliphatic heterocycles. The molecule has 1 saturated heterocycles. The van der Waals surface area contributed by atoms with E-state index >= 15 is 0 Å². The van der Waals surface area contributed by atoms with Crippen LogP contribution in [0.4, 0.5) is 0 Å². The third-order valence-corrected chi connectivity index (χ3v) is 4.73. The summed E-state index contributed by atoms with van der Waals surface area (Å²) in [5.41, 5.74) is 3.13. The van der Waals surface area contributed by atoms with E-state index in [1.54, 1.807) is 6.92 Å². The Kier molecular flexibility index (Phi) is 4.64. The molecule has 122 valence electrons. The zero-order valence-electron chi connectivity index (χ0n) is 13.6. The topological polar surface area (TPSA) is 64.3 Å². The van der Waals surface area contributed by atoms with Gasteiger partial charge in [-0.25, -0.2) is 0 Å². The number of amides is 1. The molecule has 1 fully saturated rings. The number of benzene rings is 2. The molecule has 4 nitrogen and oxygen atoms in total. The van der Waals surface area contributed by atoms with Crippen molar-refractivity contribution in [3.05, 3.63) is 60.2 Å². The van der Waals surface area contributed by atoms with Crippen LogP contribution < -0.4 is 0 Å². The molecule has 1 amide bonds. The Morgan fingerprint density at radius 1 is 1.17 bits per heavy atom. The standard InChI is InChI=1S/C20H20N2O2/c1-2-19(24)22-17(12-21)20(18(22)13-23)16-11-7-6-10-15(16)14-8-4-3-5-9-14/h3-11,17-18,20,23H,2,13H2,1H3/t17-,18-,20+/m0/s1. The highest BCUT2D eigenvalue weighted by molar-refractivity contribution is 5.79. The number of carbonyl (C=O) groups is 1. The van der Waals surface area contributed by atoms with Crippen LogP contribution in [0.25, 0.3) is 11.1 Å². The maximum absolute atomic E-state index is 12.1. The molecule has 1 heterocycles. The highest BCUT2D eigenvalue weighted by Gasteiger charge is 2.51. The number of rotatable bonds is 4. The molecule has 0 aromatic heterocycles. The van der Waals surface area contributed by atoms with Gasteiger partial charge in [-0.1, -0.05) is 61.5 Å². The monoisotopic (exact) mass is 320 g/mol. The molecule has 0 aliphatic carbocycles. The van der Waals surface area contributed by atoms with Gasteiger partial charge in [-0.3, -0.25) is 4.79 Å². The summed E-state index contributed by atoms with van der Waals surface area (Å²) in [5.74, 6) is -0.263. The van der Waals surface area contributed by atoms with E-state index in [0.717, 1.165) is 16.7 Å². The average molecular weight is 320 g/mol. The van der Waals surface area contributed by atoms with Gasteiger partial charge in [0.25, 0.3) is 0 Å². The average Bonchev–Trinajstić information content (AvgIpc) is 2.62. The van der Waals surface area contributed by atoms with Crippen molar-refractivity contribution in [2.45, 2.75) is 31.3 Å². The lowest BCUT2D eigenvalue weighted by molar-refractivity contribution is -0.146. The lowest BCUT2D eigenvalue weighted by atomic mass is 9.73. The Morgan fingerprint density at radius 2 is 1.83 bits per heavy atom. The van der Waals surface area contributed by atoms with Crippen molar-refractivity contribution in [2.24, 2.45) is 0 Å². The van der Waals surface area contributed by atoms with Crippen molar-refractivity contribution < 1.29 is 9.90 Å². The van der Waals surface area contributed by atoms with Crippen LogP contribution in [0.5, 0.6) is 0 Å². The second-order valence-corrected chi connectivity index (χ2v) is 5.96. The molecule has 2 aromatic carbocycles. The number of aliphatic hydroxyl groups excluding tert-OH is 1. The number of aliphatic hydroxyl groups is 1. The Labute approximate surface area is 142 Å². The van der Waals surface area contributed by atoms with E-state index in [-0.39, 0.29) is 24.5 Å². The van der Waals surface area contributed by atoms with Crippen LogP contribution >= 0.6 is 0 Å². The molecular weight excluding hydrogens is 300 g/mol. The highest BCUT2D eigenvalue weighted by Crippen LogP contribution is 2.44. The molecule has 1 N–H and O–H groups in total. The minimum absolute atomic E-state index is 0.0888. The molecule has 1 aliphatic rings. The molecule has 24 heavy (non-hydrogen) atoms. The van der Waals surface area contributed by atoms with E-state index in [0.29, 0.717) is 6.42 Å². The predicted octanol–water partition coefficient (Wildman–Crippen LogP) is 2.94. The van der Waals surface area contributed by atoms with Crippen molar-refractivity contribution >= 4 is 5.91 Å². The van der Waals surface area contributed by atoms with Gasteiger partial charge in [-0.2, -0.15) is 5.26 Å². The maximum Gasteiger partial charge on any atom is 0.223 e. The summed E-state index contributed by atoms with van der Waals surface area (Å²) in [5, 5.41) is 19.4. The fourth-order valence-corrected chi connectivity index (χ4v) is 3.57. The molecule has 3 rings (SSSR count). The molecule has 4 heteroatoms. The van der Waals surface area contributed by atoms with Gasteiger partial charge in [-0.05, 0) is 16.7 Å². The minimum Gasteiger partial charge on any atom is -0.394 e. The summed E-state index contributed by atoms with van der Waals surface area (Å²) in [4.78, 5) is 13.7. The van der Waals surface area contributed by atoms with Gasteiger partial charge in [0.05, 0.1) is 18.7 Å². The summed E-state index contributed by atoms with van der Waals surface area (Å²) >= 11 is 0. The van der Waals surface area contributed by atoms with E-state index in [1.165, 1.54) is 4.90 Å². The highest BCUT2D eigenvalue weighted by atomic mass is 16.3. The second-order valence-electron chi connectivity index (χ2n) is 5.96. The Hall–Kier alpha value is -2.64. The smallest absolute Gasteiger partial charge is 0.223 e. The SMILES string of the molecule is CCC(=O)N1[C@@H](C#N)[C@@H](c2ccccc2-c2ccccc2)[C@@H]1CO. The molecule has 0 unspecified atom stereocenters. The van der Waals surface area contributed by atoms with Crippen molar-refractivity contribution in [2.75, 3.05) is 6.61 Å². The first-order valence-electron chi connectivity index (χ1n) is 8.18. The third-order valence-electron chi connectivity index (χ3n) is 4.73. The number of hydrogen-bond donors (Lipinski definition) is 1. The quantitative estimate of drug-likeness (QED) is 0.942. The summed E-state index contributed by atoms with van der Waals surface area (Å²) in [6, 6.07) is 19.3. The first-order chi connectivity index (χ1) is 11.7. The predicted molar refractivity (Wildman–Crippen MR) is 92.0 cm³/mol. The molecule has 3 atom stereocenters. The first-order valence-corrected chi connectivity index (χ1v) is 8.18. The van der Waals surface area contributed by atoms with E-state index in [9.17, 15) is 15.2 Å². The molecule has 2 aromatic rings. The van der Waals surface area contributed by atoms with Crippen molar-refractivity contribution in [3.63, 3.8) is 0 Å². The van der Waals surface area contributed by atoms with Crippen LogP contribution in [0.1, 0.15) is 24.8 Å².